The molecule has 0 amide bonds. The SMILES string of the molecule is Cl.FC(F)(F)c1cccc(CNCCCl)c1. The van der Waals surface area contributed by atoms with Crippen molar-refractivity contribution in [3.63, 3.8) is 0 Å². The predicted molar refractivity (Wildman–Crippen MR) is 61.1 cm³/mol. The van der Waals surface area contributed by atoms with Crippen molar-refractivity contribution in [2.24, 2.45) is 0 Å². The van der Waals surface area contributed by atoms with E-state index >= 15 is 0 Å². The summed E-state index contributed by atoms with van der Waals surface area (Å²) in [7, 11) is 0. The van der Waals surface area contributed by atoms with Crippen LogP contribution in [0.25, 0.3) is 0 Å². The van der Waals surface area contributed by atoms with Crippen LogP contribution in [0.1, 0.15) is 11.1 Å². The average molecular weight is 274 g/mol. The molecule has 16 heavy (non-hydrogen) atoms. The van der Waals surface area contributed by atoms with Gasteiger partial charge in [-0.2, -0.15) is 13.2 Å². The van der Waals surface area contributed by atoms with Crippen LogP contribution in [0.2, 0.25) is 0 Å². The van der Waals surface area contributed by atoms with E-state index in [1.807, 2.05) is 0 Å². The van der Waals surface area contributed by atoms with Crippen LogP contribution >= 0.6 is 24.0 Å². The molecule has 1 aromatic carbocycles. The zero-order chi connectivity index (χ0) is 11.3. The zero-order valence-corrected chi connectivity index (χ0v) is 9.92. The highest BCUT2D eigenvalue weighted by Crippen LogP contribution is 2.29. The summed E-state index contributed by atoms with van der Waals surface area (Å²) in [5.74, 6) is 0.443. The third-order valence-electron chi connectivity index (χ3n) is 1.85. The van der Waals surface area contributed by atoms with E-state index in [4.69, 9.17) is 11.6 Å². The molecule has 0 aliphatic carbocycles. The van der Waals surface area contributed by atoms with E-state index in [1.54, 1.807) is 6.07 Å². The van der Waals surface area contributed by atoms with E-state index < -0.39 is 11.7 Å². The smallest absolute Gasteiger partial charge is 0.311 e. The molecule has 0 fully saturated rings. The summed E-state index contributed by atoms with van der Waals surface area (Å²) in [6.45, 7) is 0.981. The minimum atomic E-state index is -4.28. The zero-order valence-electron chi connectivity index (χ0n) is 8.35. The van der Waals surface area contributed by atoms with Crippen LogP contribution < -0.4 is 5.32 Å². The van der Waals surface area contributed by atoms with Gasteiger partial charge in [-0.3, -0.25) is 0 Å². The summed E-state index contributed by atoms with van der Waals surface area (Å²) in [5.41, 5.74) is -0.0115. The maximum absolute atomic E-state index is 12.3. The highest BCUT2D eigenvalue weighted by Gasteiger charge is 2.30. The fourth-order valence-electron chi connectivity index (χ4n) is 1.16. The number of halogens is 5. The third-order valence-corrected chi connectivity index (χ3v) is 2.04. The number of rotatable bonds is 4. The normalized spacial score (nSPS) is 11.0. The molecule has 0 atom stereocenters. The van der Waals surface area contributed by atoms with E-state index in [-0.39, 0.29) is 12.4 Å². The summed E-state index contributed by atoms with van der Waals surface area (Å²) in [5, 5.41) is 2.93. The molecule has 92 valence electrons. The average Bonchev–Trinajstić information content (AvgIpc) is 2.17. The molecule has 1 N–H and O–H groups in total. The maximum Gasteiger partial charge on any atom is 0.416 e. The predicted octanol–water partition coefficient (Wildman–Crippen LogP) is 3.46. The van der Waals surface area contributed by atoms with Crippen LogP contribution in [-0.4, -0.2) is 12.4 Å². The number of hydrogen-bond donors (Lipinski definition) is 1. The summed E-state index contributed by atoms with van der Waals surface area (Å²) in [6, 6.07) is 5.25. The first kappa shape index (κ1) is 15.6. The first-order valence-electron chi connectivity index (χ1n) is 4.47. The Morgan fingerprint density at radius 3 is 2.50 bits per heavy atom. The Balaban J connectivity index is 0.00000225. The van der Waals surface area contributed by atoms with Gasteiger partial charge in [0.2, 0.25) is 0 Å². The molecule has 0 spiro atoms. The first-order valence-corrected chi connectivity index (χ1v) is 5.00. The van der Waals surface area contributed by atoms with E-state index in [0.717, 1.165) is 12.1 Å². The molecule has 1 rings (SSSR count). The van der Waals surface area contributed by atoms with Crippen molar-refractivity contribution < 1.29 is 13.2 Å². The number of benzene rings is 1. The van der Waals surface area contributed by atoms with Gasteiger partial charge in [0.1, 0.15) is 0 Å². The van der Waals surface area contributed by atoms with Crippen molar-refractivity contribution >= 4 is 24.0 Å². The molecule has 1 nitrogen and oxygen atoms in total. The van der Waals surface area contributed by atoms with Gasteiger partial charge in [-0.25, -0.2) is 0 Å². The Kier molecular flexibility index (Phi) is 6.79. The van der Waals surface area contributed by atoms with Gasteiger partial charge in [0.25, 0.3) is 0 Å². The Morgan fingerprint density at radius 2 is 1.94 bits per heavy atom. The lowest BCUT2D eigenvalue weighted by Gasteiger charge is -2.08. The number of alkyl halides is 4. The lowest BCUT2D eigenvalue weighted by atomic mass is 10.1. The van der Waals surface area contributed by atoms with Gasteiger partial charge in [0, 0.05) is 19.0 Å². The van der Waals surface area contributed by atoms with Crippen LogP contribution in [-0.2, 0) is 12.7 Å². The van der Waals surface area contributed by atoms with Crippen molar-refractivity contribution in [2.45, 2.75) is 12.7 Å². The number of hydrogen-bond acceptors (Lipinski definition) is 1. The van der Waals surface area contributed by atoms with Gasteiger partial charge in [-0.05, 0) is 11.6 Å². The highest BCUT2D eigenvalue weighted by molar-refractivity contribution is 6.18. The maximum atomic E-state index is 12.3. The van der Waals surface area contributed by atoms with Crippen molar-refractivity contribution in [3.05, 3.63) is 35.4 Å². The minimum absolute atomic E-state index is 0. The second kappa shape index (κ2) is 6.99. The van der Waals surface area contributed by atoms with Crippen molar-refractivity contribution in [3.8, 4) is 0 Å². The monoisotopic (exact) mass is 273 g/mol. The lowest BCUT2D eigenvalue weighted by molar-refractivity contribution is -0.137. The molecular formula is C10H12Cl2F3N. The molecule has 6 heteroatoms. The largest absolute Gasteiger partial charge is 0.416 e. The molecule has 0 saturated heterocycles. The van der Waals surface area contributed by atoms with E-state index in [1.165, 1.54) is 6.07 Å². The summed E-state index contributed by atoms with van der Waals surface area (Å²) >= 11 is 5.43. The molecule has 0 aliphatic rings. The van der Waals surface area contributed by atoms with Gasteiger partial charge in [0.15, 0.2) is 0 Å². The fraction of sp³-hybridized carbons (Fsp3) is 0.400. The summed E-state index contributed by atoms with van der Waals surface area (Å²) in [6.07, 6.45) is -4.28. The van der Waals surface area contributed by atoms with Crippen LogP contribution in [0.5, 0.6) is 0 Å². The van der Waals surface area contributed by atoms with Crippen LogP contribution in [0.3, 0.4) is 0 Å². The van der Waals surface area contributed by atoms with E-state index in [9.17, 15) is 13.2 Å². The molecule has 1 aromatic rings. The van der Waals surface area contributed by atoms with Gasteiger partial charge in [-0.15, -0.1) is 24.0 Å². The topological polar surface area (TPSA) is 12.0 Å². The van der Waals surface area contributed by atoms with Crippen LogP contribution in [0, 0.1) is 0 Å². The van der Waals surface area contributed by atoms with Crippen LogP contribution in [0.4, 0.5) is 13.2 Å². The first-order chi connectivity index (χ1) is 7.04. The second-order valence-corrected chi connectivity index (χ2v) is 3.44. The van der Waals surface area contributed by atoms with Gasteiger partial charge >= 0.3 is 6.18 Å². The van der Waals surface area contributed by atoms with E-state index in [2.05, 4.69) is 5.32 Å². The van der Waals surface area contributed by atoms with Gasteiger partial charge in [0.05, 0.1) is 5.56 Å². The molecular weight excluding hydrogens is 262 g/mol. The number of nitrogens with one attached hydrogen (secondary N) is 1. The van der Waals surface area contributed by atoms with Crippen molar-refractivity contribution in [1.29, 1.82) is 0 Å². The Hall–Kier alpha value is -0.450. The van der Waals surface area contributed by atoms with Gasteiger partial charge in [-0.1, -0.05) is 18.2 Å². The Labute approximate surface area is 103 Å². The molecule has 0 saturated carbocycles. The third kappa shape index (κ3) is 5.05. The minimum Gasteiger partial charge on any atom is -0.311 e. The molecule has 0 aliphatic heterocycles. The second-order valence-electron chi connectivity index (χ2n) is 3.06. The van der Waals surface area contributed by atoms with Crippen LogP contribution in [0.15, 0.2) is 24.3 Å². The Bertz CT molecular complexity index is 315. The molecule has 0 unspecified atom stereocenters. The Morgan fingerprint density at radius 1 is 1.25 bits per heavy atom. The quantitative estimate of drug-likeness (QED) is 0.655. The summed E-state index contributed by atoms with van der Waals surface area (Å²) < 4.78 is 36.9. The summed E-state index contributed by atoms with van der Waals surface area (Å²) in [4.78, 5) is 0. The van der Waals surface area contributed by atoms with E-state index in [0.29, 0.717) is 24.5 Å². The molecule has 0 aromatic heterocycles. The highest BCUT2D eigenvalue weighted by atomic mass is 35.5. The lowest BCUT2D eigenvalue weighted by Crippen LogP contribution is -2.16. The standard InChI is InChI=1S/C10H11ClF3N.ClH/c11-4-5-15-7-8-2-1-3-9(6-8)10(12,13)14;/h1-3,6,15H,4-5,7H2;1H. The van der Waals surface area contributed by atoms with Crippen molar-refractivity contribution in [1.82, 2.24) is 5.32 Å². The molecule has 0 radical (unpaired) electrons. The van der Waals surface area contributed by atoms with Crippen molar-refractivity contribution in [2.75, 3.05) is 12.4 Å². The fourth-order valence-corrected chi connectivity index (χ4v) is 1.29. The molecule has 0 bridgehead atoms. The van der Waals surface area contributed by atoms with Gasteiger partial charge < -0.3 is 5.32 Å². The molecule has 0 heterocycles.